The molecule has 0 atom stereocenters. The lowest BCUT2D eigenvalue weighted by molar-refractivity contribution is -0.384. The number of aryl methyl sites for hydroxylation is 1. The Balaban J connectivity index is 2.28. The van der Waals surface area contributed by atoms with Crippen LogP contribution in [0.3, 0.4) is 0 Å². The molecule has 0 aliphatic rings. The van der Waals surface area contributed by atoms with Gasteiger partial charge in [-0.25, -0.2) is 4.39 Å². The summed E-state index contributed by atoms with van der Waals surface area (Å²) in [5, 5.41) is 10.6. The van der Waals surface area contributed by atoms with Crippen molar-refractivity contribution in [2.24, 2.45) is 0 Å². The van der Waals surface area contributed by atoms with Crippen molar-refractivity contribution < 1.29 is 14.1 Å². The van der Waals surface area contributed by atoms with Gasteiger partial charge in [0.1, 0.15) is 11.6 Å². The van der Waals surface area contributed by atoms with Crippen molar-refractivity contribution in [3.63, 3.8) is 0 Å². The molecule has 0 amide bonds. The summed E-state index contributed by atoms with van der Waals surface area (Å²) in [6.45, 7) is 1.61. The predicted molar refractivity (Wildman–Crippen MR) is 68.7 cm³/mol. The number of hydrogen-bond acceptors (Lipinski definition) is 4. The highest BCUT2D eigenvalue weighted by atomic mass is 19.1. The van der Waals surface area contributed by atoms with E-state index in [2.05, 4.69) is 0 Å². The second-order valence-corrected chi connectivity index (χ2v) is 3.99. The fourth-order valence-corrected chi connectivity index (χ4v) is 1.55. The third-order valence-corrected chi connectivity index (χ3v) is 2.56. The van der Waals surface area contributed by atoms with Crippen LogP contribution in [-0.2, 0) is 0 Å². The summed E-state index contributed by atoms with van der Waals surface area (Å²) in [5.74, 6) is 0.375. The first kappa shape index (κ1) is 12.8. The molecular weight excluding hydrogens is 251 g/mol. The van der Waals surface area contributed by atoms with Crippen molar-refractivity contribution in [2.45, 2.75) is 6.92 Å². The van der Waals surface area contributed by atoms with Gasteiger partial charge in [-0.3, -0.25) is 10.1 Å². The normalized spacial score (nSPS) is 10.2. The van der Waals surface area contributed by atoms with Crippen molar-refractivity contribution in [3.8, 4) is 11.5 Å². The number of benzene rings is 2. The molecule has 0 radical (unpaired) electrons. The first-order valence-corrected chi connectivity index (χ1v) is 5.45. The third kappa shape index (κ3) is 2.79. The molecule has 0 aromatic heterocycles. The molecule has 5 nitrogen and oxygen atoms in total. The first-order valence-electron chi connectivity index (χ1n) is 5.45. The number of nitro groups is 1. The van der Waals surface area contributed by atoms with E-state index in [0.29, 0.717) is 11.3 Å². The van der Waals surface area contributed by atoms with Gasteiger partial charge < -0.3 is 10.5 Å². The third-order valence-electron chi connectivity index (χ3n) is 2.56. The smallest absolute Gasteiger partial charge is 0.271 e. The van der Waals surface area contributed by atoms with Crippen molar-refractivity contribution in [1.29, 1.82) is 0 Å². The minimum Gasteiger partial charge on any atom is -0.455 e. The van der Waals surface area contributed by atoms with E-state index in [4.69, 9.17) is 10.5 Å². The molecule has 0 aliphatic carbocycles. The van der Waals surface area contributed by atoms with Crippen LogP contribution < -0.4 is 10.5 Å². The zero-order valence-corrected chi connectivity index (χ0v) is 10.1. The molecule has 0 unspecified atom stereocenters. The van der Waals surface area contributed by atoms with Gasteiger partial charge in [0.05, 0.1) is 10.6 Å². The number of nitrogen functional groups attached to an aromatic ring is 1. The Labute approximate surface area is 108 Å². The highest BCUT2D eigenvalue weighted by molar-refractivity contribution is 5.59. The zero-order valence-electron chi connectivity index (χ0n) is 10.1. The highest BCUT2D eigenvalue weighted by Gasteiger charge is 2.10. The average molecular weight is 262 g/mol. The van der Waals surface area contributed by atoms with E-state index < -0.39 is 4.92 Å². The topological polar surface area (TPSA) is 78.4 Å². The van der Waals surface area contributed by atoms with Gasteiger partial charge in [-0.15, -0.1) is 0 Å². The summed E-state index contributed by atoms with van der Waals surface area (Å²) in [5.41, 5.74) is 6.15. The van der Waals surface area contributed by atoms with E-state index in [9.17, 15) is 14.5 Å². The Hall–Kier alpha value is -2.63. The Kier molecular flexibility index (Phi) is 3.33. The van der Waals surface area contributed by atoms with Crippen LogP contribution in [0.4, 0.5) is 15.8 Å². The molecule has 2 aromatic rings. The van der Waals surface area contributed by atoms with Crippen molar-refractivity contribution in [2.75, 3.05) is 5.73 Å². The van der Waals surface area contributed by atoms with Crippen LogP contribution in [0.5, 0.6) is 11.5 Å². The molecule has 6 heteroatoms. The van der Waals surface area contributed by atoms with E-state index >= 15 is 0 Å². The van der Waals surface area contributed by atoms with Gasteiger partial charge in [0, 0.05) is 12.1 Å². The van der Waals surface area contributed by atoms with E-state index in [-0.39, 0.29) is 22.9 Å². The number of nitrogens with two attached hydrogens (primary N) is 1. The predicted octanol–water partition coefficient (Wildman–Crippen LogP) is 3.42. The van der Waals surface area contributed by atoms with Gasteiger partial charge in [0.25, 0.3) is 5.69 Å². The number of nitro benzene ring substituents is 1. The van der Waals surface area contributed by atoms with E-state index in [1.807, 2.05) is 0 Å². The number of non-ortho nitro benzene ring substituents is 1. The minimum absolute atomic E-state index is 0.111. The largest absolute Gasteiger partial charge is 0.455 e. The van der Waals surface area contributed by atoms with Crippen molar-refractivity contribution in [1.82, 2.24) is 0 Å². The Morgan fingerprint density at radius 3 is 2.58 bits per heavy atom. The maximum atomic E-state index is 13.1. The van der Waals surface area contributed by atoms with Gasteiger partial charge >= 0.3 is 0 Å². The highest BCUT2D eigenvalue weighted by Crippen LogP contribution is 2.31. The van der Waals surface area contributed by atoms with E-state index in [1.54, 1.807) is 6.92 Å². The van der Waals surface area contributed by atoms with Crippen LogP contribution in [0, 0.1) is 22.9 Å². The number of hydrogen-bond donors (Lipinski definition) is 1. The standard InChI is InChI=1S/C13H11FN2O3/c1-8-6-10(3-4-11(8)14)19-13-5-2-9(16(17)18)7-12(13)15/h2-7H,15H2,1H3. The molecule has 0 saturated carbocycles. The summed E-state index contributed by atoms with van der Waals surface area (Å²) < 4.78 is 18.6. The van der Waals surface area contributed by atoms with Gasteiger partial charge in [-0.1, -0.05) is 0 Å². The van der Waals surface area contributed by atoms with Crippen LogP contribution in [0.25, 0.3) is 0 Å². The summed E-state index contributed by atoms with van der Waals surface area (Å²) in [6, 6.07) is 8.19. The SMILES string of the molecule is Cc1cc(Oc2ccc([N+](=O)[O-])cc2N)ccc1F. The van der Waals surface area contributed by atoms with E-state index in [1.165, 1.54) is 36.4 Å². The number of anilines is 1. The number of rotatable bonds is 3. The molecular formula is C13H11FN2O3. The van der Waals surface area contributed by atoms with E-state index in [0.717, 1.165) is 0 Å². The molecule has 2 aromatic carbocycles. The second-order valence-electron chi connectivity index (χ2n) is 3.99. The molecule has 98 valence electrons. The molecule has 2 rings (SSSR count). The lowest BCUT2D eigenvalue weighted by Crippen LogP contribution is -1.95. The van der Waals surface area contributed by atoms with Gasteiger partial charge in [0.15, 0.2) is 5.75 Å². The monoisotopic (exact) mass is 262 g/mol. The Bertz CT molecular complexity index is 644. The number of halogens is 1. The fraction of sp³-hybridized carbons (Fsp3) is 0.0769. The first-order chi connectivity index (χ1) is 8.97. The Morgan fingerprint density at radius 1 is 1.26 bits per heavy atom. The summed E-state index contributed by atoms with van der Waals surface area (Å²) in [7, 11) is 0. The zero-order chi connectivity index (χ0) is 14.0. The van der Waals surface area contributed by atoms with Crippen LogP contribution >= 0.6 is 0 Å². The molecule has 0 aliphatic heterocycles. The quantitative estimate of drug-likeness (QED) is 0.522. The van der Waals surface area contributed by atoms with Gasteiger partial charge in [-0.2, -0.15) is 0 Å². The Morgan fingerprint density at radius 2 is 2.00 bits per heavy atom. The molecule has 0 bridgehead atoms. The molecule has 0 fully saturated rings. The maximum Gasteiger partial charge on any atom is 0.271 e. The van der Waals surface area contributed by atoms with Gasteiger partial charge in [0.2, 0.25) is 0 Å². The van der Waals surface area contributed by atoms with Crippen LogP contribution in [-0.4, -0.2) is 4.92 Å². The summed E-state index contributed by atoms with van der Waals surface area (Å²) in [4.78, 5) is 10.0. The molecule has 0 spiro atoms. The lowest BCUT2D eigenvalue weighted by Gasteiger charge is -2.09. The minimum atomic E-state index is -0.540. The molecule has 0 saturated heterocycles. The molecule has 2 N–H and O–H groups in total. The number of nitrogens with zero attached hydrogens (tertiary/aromatic N) is 1. The molecule has 19 heavy (non-hydrogen) atoms. The number of ether oxygens (including phenoxy) is 1. The average Bonchev–Trinajstić information content (AvgIpc) is 2.36. The van der Waals surface area contributed by atoms with Crippen molar-refractivity contribution >= 4 is 11.4 Å². The van der Waals surface area contributed by atoms with Crippen LogP contribution in [0.1, 0.15) is 5.56 Å². The summed E-state index contributed by atoms with van der Waals surface area (Å²) >= 11 is 0. The molecule has 0 heterocycles. The van der Waals surface area contributed by atoms with Crippen LogP contribution in [0.2, 0.25) is 0 Å². The van der Waals surface area contributed by atoms with Crippen LogP contribution in [0.15, 0.2) is 36.4 Å². The summed E-state index contributed by atoms with van der Waals surface area (Å²) in [6.07, 6.45) is 0. The maximum absolute atomic E-state index is 13.1. The fourth-order valence-electron chi connectivity index (χ4n) is 1.55. The van der Waals surface area contributed by atoms with Gasteiger partial charge in [-0.05, 0) is 36.8 Å². The van der Waals surface area contributed by atoms with Crippen molar-refractivity contribution in [3.05, 3.63) is 57.9 Å². The second kappa shape index (κ2) is 4.93. The lowest BCUT2D eigenvalue weighted by atomic mass is 10.2.